The Morgan fingerprint density at radius 2 is 2.40 bits per heavy atom. The first kappa shape index (κ1) is 9.92. The molecule has 80 valence electrons. The van der Waals surface area contributed by atoms with E-state index in [1.54, 1.807) is 12.3 Å². The molecular formula is C10H13N3O2. The normalized spacial score (nSPS) is 25.4. The lowest BCUT2D eigenvalue weighted by Gasteiger charge is -2.24. The summed E-state index contributed by atoms with van der Waals surface area (Å²) in [5, 5.41) is 9.75. The average Bonchev–Trinajstić information content (AvgIpc) is 2.20. The summed E-state index contributed by atoms with van der Waals surface area (Å²) < 4.78 is 1.40. The number of allylic oxidation sites excluding steroid dienone is 1. The highest BCUT2D eigenvalue weighted by atomic mass is 16.3. The van der Waals surface area contributed by atoms with Crippen molar-refractivity contribution in [2.45, 2.75) is 25.0 Å². The molecule has 0 saturated carbocycles. The fourth-order valence-electron chi connectivity index (χ4n) is 1.73. The Hall–Kier alpha value is -1.62. The van der Waals surface area contributed by atoms with Gasteiger partial charge < -0.3 is 10.8 Å². The van der Waals surface area contributed by atoms with Crippen LogP contribution in [0.4, 0.5) is 5.82 Å². The van der Waals surface area contributed by atoms with Crippen molar-refractivity contribution in [1.82, 2.24) is 9.55 Å². The highest BCUT2D eigenvalue weighted by Gasteiger charge is 2.21. The van der Waals surface area contributed by atoms with E-state index in [1.165, 1.54) is 4.57 Å². The molecule has 1 aromatic rings. The smallest absolute Gasteiger partial charge is 0.350 e. The lowest BCUT2D eigenvalue weighted by Crippen LogP contribution is -2.33. The SMILES string of the molecule is Nc1ccn(C2C=CCCC2O)c(=O)n1. The van der Waals surface area contributed by atoms with E-state index >= 15 is 0 Å². The molecule has 0 saturated heterocycles. The number of nitrogen functional groups attached to an aromatic ring is 1. The van der Waals surface area contributed by atoms with Gasteiger partial charge in [0.05, 0.1) is 12.1 Å². The molecule has 1 aliphatic rings. The fourth-order valence-corrected chi connectivity index (χ4v) is 1.73. The van der Waals surface area contributed by atoms with Crippen molar-refractivity contribution in [3.05, 3.63) is 34.9 Å². The summed E-state index contributed by atoms with van der Waals surface area (Å²) in [6.07, 6.45) is 6.33. The average molecular weight is 207 g/mol. The second-order valence-electron chi connectivity index (χ2n) is 3.61. The quantitative estimate of drug-likeness (QED) is 0.639. The Morgan fingerprint density at radius 3 is 3.07 bits per heavy atom. The standard InChI is InChI=1S/C10H13N3O2/c11-9-5-6-13(10(15)12-9)7-3-1-2-4-8(7)14/h1,3,5-8,14H,2,4H2,(H2,11,12,15). The van der Waals surface area contributed by atoms with E-state index < -0.39 is 11.8 Å². The van der Waals surface area contributed by atoms with Crippen LogP contribution in [0.1, 0.15) is 18.9 Å². The number of hydrogen-bond acceptors (Lipinski definition) is 4. The van der Waals surface area contributed by atoms with Gasteiger partial charge in [-0.25, -0.2) is 4.79 Å². The van der Waals surface area contributed by atoms with Crippen LogP contribution in [0.3, 0.4) is 0 Å². The third kappa shape index (κ3) is 1.92. The maximum atomic E-state index is 11.5. The Kier molecular flexibility index (Phi) is 2.55. The number of hydrogen-bond donors (Lipinski definition) is 2. The molecule has 0 aromatic carbocycles. The van der Waals surface area contributed by atoms with Gasteiger partial charge in [-0.15, -0.1) is 0 Å². The van der Waals surface area contributed by atoms with Crippen LogP contribution >= 0.6 is 0 Å². The first-order valence-electron chi connectivity index (χ1n) is 4.88. The van der Waals surface area contributed by atoms with Crippen molar-refractivity contribution in [2.24, 2.45) is 0 Å². The van der Waals surface area contributed by atoms with Crippen LogP contribution in [0, 0.1) is 0 Å². The number of aliphatic hydroxyl groups is 1. The van der Waals surface area contributed by atoms with Crippen molar-refractivity contribution < 1.29 is 5.11 Å². The summed E-state index contributed by atoms with van der Waals surface area (Å²) in [7, 11) is 0. The van der Waals surface area contributed by atoms with E-state index in [0.717, 1.165) is 6.42 Å². The number of aromatic nitrogens is 2. The molecule has 1 aliphatic carbocycles. The fraction of sp³-hybridized carbons (Fsp3) is 0.400. The van der Waals surface area contributed by atoms with E-state index in [-0.39, 0.29) is 11.9 Å². The second-order valence-corrected chi connectivity index (χ2v) is 3.61. The highest BCUT2D eigenvalue weighted by molar-refractivity contribution is 5.24. The van der Waals surface area contributed by atoms with E-state index in [2.05, 4.69) is 4.98 Å². The summed E-state index contributed by atoms with van der Waals surface area (Å²) in [6, 6.07) is 1.23. The largest absolute Gasteiger partial charge is 0.391 e. The summed E-state index contributed by atoms with van der Waals surface area (Å²) in [4.78, 5) is 15.1. The summed E-state index contributed by atoms with van der Waals surface area (Å²) in [5.74, 6) is 0.200. The Labute approximate surface area is 86.9 Å². The molecule has 3 N–H and O–H groups in total. The molecule has 5 nitrogen and oxygen atoms in total. The van der Waals surface area contributed by atoms with Crippen molar-refractivity contribution in [1.29, 1.82) is 0 Å². The second kappa shape index (κ2) is 3.86. The summed E-state index contributed by atoms with van der Waals surface area (Å²) >= 11 is 0. The van der Waals surface area contributed by atoms with Crippen LogP contribution in [0.2, 0.25) is 0 Å². The van der Waals surface area contributed by atoms with Crippen LogP contribution in [0.25, 0.3) is 0 Å². The molecule has 1 aromatic heterocycles. The first-order chi connectivity index (χ1) is 7.18. The maximum Gasteiger partial charge on any atom is 0.350 e. The lowest BCUT2D eigenvalue weighted by atomic mass is 9.99. The lowest BCUT2D eigenvalue weighted by molar-refractivity contribution is 0.117. The Morgan fingerprint density at radius 1 is 1.60 bits per heavy atom. The third-order valence-electron chi connectivity index (χ3n) is 2.53. The van der Waals surface area contributed by atoms with Gasteiger partial charge in [0.1, 0.15) is 5.82 Å². The molecule has 2 atom stereocenters. The highest BCUT2D eigenvalue weighted by Crippen LogP contribution is 2.21. The number of anilines is 1. The number of aliphatic hydroxyl groups excluding tert-OH is 1. The minimum Gasteiger partial charge on any atom is -0.391 e. The molecule has 0 amide bonds. The van der Waals surface area contributed by atoms with Gasteiger partial charge in [0.25, 0.3) is 0 Å². The van der Waals surface area contributed by atoms with Gasteiger partial charge in [-0.1, -0.05) is 12.2 Å². The Balaban J connectivity index is 2.40. The topological polar surface area (TPSA) is 81.1 Å². The minimum atomic E-state index is -0.530. The van der Waals surface area contributed by atoms with Crippen LogP contribution in [-0.2, 0) is 0 Å². The van der Waals surface area contributed by atoms with Crippen LogP contribution in [0.15, 0.2) is 29.2 Å². The first-order valence-corrected chi connectivity index (χ1v) is 4.88. The van der Waals surface area contributed by atoms with Gasteiger partial charge in [-0.2, -0.15) is 4.98 Å². The van der Waals surface area contributed by atoms with Crippen molar-refractivity contribution in [2.75, 3.05) is 5.73 Å². The third-order valence-corrected chi connectivity index (χ3v) is 2.53. The predicted octanol–water partition coefficient (Wildman–Crippen LogP) is 0.0775. The molecule has 0 fully saturated rings. The van der Waals surface area contributed by atoms with Crippen molar-refractivity contribution >= 4 is 5.82 Å². The Bertz CT molecular complexity index is 439. The van der Waals surface area contributed by atoms with Gasteiger partial charge in [-0.3, -0.25) is 4.57 Å². The van der Waals surface area contributed by atoms with Gasteiger partial charge >= 0.3 is 5.69 Å². The van der Waals surface area contributed by atoms with Crippen molar-refractivity contribution in [3.8, 4) is 0 Å². The minimum absolute atomic E-state index is 0.200. The predicted molar refractivity (Wildman–Crippen MR) is 56.3 cm³/mol. The van der Waals surface area contributed by atoms with Gasteiger partial charge in [-0.05, 0) is 18.9 Å². The molecule has 0 radical (unpaired) electrons. The molecule has 1 heterocycles. The van der Waals surface area contributed by atoms with Gasteiger partial charge in [0.15, 0.2) is 0 Å². The molecule has 0 bridgehead atoms. The van der Waals surface area contributed by atoms with Gasteiger partial charge in [0, 0.05) is 6.20 Å². The summed E-state index contributed by atoms with van der Waals surface area (Å²) in [5.41, 5.74) is 4.96. The van der Waals surface area contributed by atoms with Gasteiger partial charge in [0.2, 0.25) is 0 Å². The molecule has 15 heavy (non-hydrogen) atoms. The zero-order valence-corrected chi connectivity index (χ0v) is 8.21. The van der Waals surface area contributed by atoms with E-state index in [1.807, 2.05) is 12.2 Å². The van der Waals surface area contributed by atoms with E-state index in [9.17, 15) is 9.90 Å². The molecule has 2 rings (SSSR count). The molecule has 0 aliphatic heterocycles. The van der Waals surface area contributed by atoms with E-state index in [0.29, 0.717) is 6.42 Å². The number of rotatable bonds is 1. The molecular weight excluding hydrogens is 194 g/mol. The number of nitrogens with two attached hydrogens (primary N) is 1. The van der Waals surface area contributed by atoms with E-state index in [4.69, 9.17) is 5.73 Å². The summed E-state index contributed by atoms with van der Waals surface area (Å²) in [6.45, 7) is 0. The maximum absolute atomic E-state index is 11.5. The zero-order valence-electron chi connectivity index (χ0n) is 8.21. The van der Waals surface area contributed by atoms with Crippen molar-refractivity contribution in [3.63, 3.8) is 0 Å². The number of nitrogens with zero attached hydrogens (tertiary/aromatic N) is 2. The zero-order chi connectivity index (χ0) is 10.8. The molecule has 0 spiro atoms. The molecule has 5 heteroatoms. The van der Waals surface area contributed by atoms with Crippen LogP contribution in [0.5, 0.6) is 0 Å². The monoisotopic (exact) mass is 207 g/mol. The molecule has 2 unspecified atom stereocenters. The van der Waals surface area contributed by atoms with Crippen LogP contribution in [-0.4, -0.2) is 20.8 Å². The van der Waals surface area contributed by atoms with Crippen LogP contribution < -0.4 is 11.4 Å².